The van der Waals surface area contributed by atoms with Crippen LogP contribution >= 0.6 is 23.2 Å². The van der Waals surface area contributed by atoms with E-state index in [0.717, 1.165) is 6.07 Å². The van der Waals surface area contributed by atoms with E-state index in [-0.39, 0.29) is 32.9 Å². The second-order valence-electron chi connectivity index (χ2n) is 5.87. The standard InChI is InChI=1S/C20H10Cl2F3N3O2/c1-26-13-4-7-16(21)15(9-13)18(29)28-12-2-5-14(6-3-12)30-19-17(22)8-11(10-27-19)20(23,24)25/h2-10H,(H,28,29). The molecule has 0 fully saturated rings. The summed E-state index contributed by atoms with van der Waals surface area (Å²) in [6.07, 6.45) is -3.94. The van der Waals surface area contributed by atoms with Crippen LogP contribution in [0.4, 0.5) is 24.5 Å². The molecule has 0 aliphatic rings. The lowest BCUT2D eigenvalue weighted by Gasteiger charge is -2.11. The minimum Gasteiger partial charge on any atom is -0.438 e. The Bertz CT molecular complexity index is 1140. The number of pyridine rings is 1. The molecular formula is C20H10Cl2F3N3O2. The summed E-state index contributed by atoms with van der Waals surface area (Å²) in [5.41, 5.74) is -0.164. The number of carbonyl (C=O) groups is 1. The van der Waals surface area contributed by atoms with Gasteiger partial charge in [0.05, 0.1) is 17.2 Å². The molecule has 0 atom stereocenters. The van der Waals surface area contributed by atoms with Crippen LogP contribution in [0.5, 0.6) is 11.6 Å². The lowest BCUT2D eigenvalue weighted by molar-refractivity contribution is -0.137. The summed E-state index contributed by atoms with van der Waals surface area (Å²) in [6, 6.07) is 11.0. The van der Waals surface area contributed by atoms with Gasteiger partial charge in [-0.3, -0.25) is 4.79 Å². The van der Waals surface area contributed by atoms with Gasteiger partial charge in [-0.05, 0) is 36.4 Å². The summed E-state index contributed by atoms with van der Waals surface area (Å²) < 4.78 is 43.4. The Morgan fingerprint density at radius 2 is 1.77 bits per heavy atom. The highest BCUT2D eigenvalue weighted by Gasteiger charge is 2.31. The average molecular weight is 452 g/mol. The van der Waals surface area contributed by atoms with Gasteiger partial charge in [-0.15, -0.1) is 0 Å². The van der Waals surface area contributed by atoms with Crippen molar-refractivity contribution in [1.82, 2.24) is 4.98 Å². The van der Waals surface area contributed by atoms with E-state index in [0.29, 0.717) is 11.9 Å². The van der Waals surface area contributed by atoms with Gasteiger partial charge in [-0.25, -0.2) is 9.83 Å². The highest BCUT2D eigenvalue weighted by Crippen LogP contribution is 2.34. The first-order valence-electron chi connectivity index (χ1n) is 8.16. The maximum atomic E-state index is 12.7. The van der Waals surface area contributed by atoms with Gasteiger partial charge in [-0.1, -0.05) is 35.3 Å². The average Bonchev–Trinajstić information content (AvgIpc) is 2.70. The van der Waals surface area contributed by atoms with E-state index in [1.54, 1.807) is 0 Å². The summed E-state index contributed by atoms with van der Waals surface area (Å²) >= 11 is 11.8. The van der Waals surface area contributed by atoms with Crippen molar-refractivity contribution in [1.29, 1.82) is 0 Å². The number of hydrogen-bond acceptors (Lipinski definition) is 3. The molecule has 1 aromatic heterocycles. The molecule has 0 saturated carbocycles. The second-order valence-corrected chi connectivity index (χ2v) is 6.68. The monoisotopic (exact) mass is 451 g/mol. The van der Waals surface area contributed by atoms with Gasteiger partial charge in [-0.2, -0.15) is 13.2 Å². The number of ether oxygens (including phenoxy) is 1. The molecule has 3 aromatic rings. The third-order valence-electron chi connectivity index (χ3n) is 3.79. The van der Waals surface area contributed by atoms with E-state index < -0.39 is 17.6 Å². The molecule has 0 unspecified atom stereocenters. The molecule has 2 aromatic carbocycles. The summed E-state index contributed by atoms with van der Waals surface area (Å²) in [4.78, 5) is 19.2. The Hall–Kier alpha value is -3.28. The van der Waals surface area contributed by atoms with Crippen LogP contribution in [0, 0.1) is 6.57 Å². The predicted octanol–water partition coefficient (Wildman–Crippen LogP) is 7.00. The first-order valence-corrected chi connectivity index (χ1v) is 8.92. The third-order valence-corrected chi connectivity index (χ3v) is 4.39. The number of alkyl halides is 3. The fourth-order valence-electron chi connectivity index (χ4n) is 2.33. The van der Waals surface area contributed by atoms with Crippen molar-refractivity contribution in [2.45, 2.75) is 6.18 Å². The normalized spacial score (nSPS) is 10.9. The number of nitrogens with zero attached hydrogens (tertiary/aromatic N) is 2. The minimum absolute atomic E-state index is 0.145. The maximum absolute atomic E-state index is 12.7. The van der Waals surface area contributed by atoms with Crippen molar-refractivity contribution in [3.05, 3.63) is 87.3 Å². The van der Waals surface area contributed by atoms with Gasteiger partial charge in [0.1, 0.15) is 10.8 Å². The molecule has 0 bridgehead atoms. The van der Waals surface area contributed by atoms with Gasteiger partial charge in [0.15, 0.2) is 5.69 Å². The Morgan fingerprint density at radius 3 is 2.37 bits per heavy atom. The number of amides is 1. The molecule has 152 valence electrons. The van der Waals surface area contributed by atoms with Gasteiger partial charge >= 0.3 is 6.18 Å². The molecule has 1 heterocycles. The molecule has 3 rings (SSSR count). The Morgan fingerprint density at radius 1 is 1.07 bits per heavy atom. The van der Waals surface area contributed by atoms with Crippen molar-refractivity contribution in [2.75, 3.05) is 5.32 Å². The molecule has 30 heavy (non-hydrogen) atoms. The Kier molecular flexibility index (Phi) is 6.15. The molecule has 5 nitrogen and oxygen atoms in total. The van der Waals surface area contributed by atoms with Gasteiger partial charge in [0, 0.05) is 17.4 Å². The van der Waals surface area contributed by atoms with E-state index in [1.807, 2.05) is 0 Å². The lowest BCUT2D eigenvalue weighted by Crippen LogP contribution is -2.12. The largest absolute Gasteiger partial charge is 0.438 e. The highest BCUT2D eigenvalue weighted by atomic mass is 35.5. The number of carbonyl (C=O) groups excluding carboxylic acids is 1. The first kappa shape index (κ1) is 21.4. The zero-order valence-electron chi connectivity index (χ0n) is 14.8. The van der Waals surface area contributed by atoms with Crippen LogP contribution in [0.15, 0.2) is 54.7 Å². The molecule has 0 spiro atoms. The Balaban J connectivity index is 1.71. The molecule has 0 aliphatic carbocycles. The van der Waals surface area contributed by atoms with Crippen LogP contribution in [-0.2, 0) is 6.18 Å². The van der Waals surface area contributed by atoms with Crippen molar-refractivity contribution < 1.29 is 22.7 Å². The van der Waals surface area contributed by atoms with Crippen molar-refractivity contribution >= 4 is 40.5 Å². The van der Waals surface area contributed by atoms with E-state index in [2.05, 4.69) is 15.1 Å². The third kappa shape index (κ3) is 5.00. The van der Waals surface area contributed by atoms with E-state index >= 15 is 0 Å². The summed E-state index contributed by atoms with van der Waals surface area (Å²) in [5, 5.41) is 2.53. The van der Waals surface area contributed by atoms with E-state index in [1.165, 1.54) is 42.5 Å². The van der Waals surface area contributed by atoms with Crippen molar-refractivity contribution in [3.63, 3.8) is 0 Å². The van der Waals surface area contributed by atoms with Crippen LogP contribution in [0.3, 0.4) is 0 Å². The number of aromatic nitrogens is 1. The molecular weight excluding hydrogens is 442 g/mol. The fourth-order valence-corrected chi connectivity index (χ4v) is 2.74. The van der Waals surface area contributed by atoms with Gasteiger partial charge in [0.2, 0.25) is 5.88 Å². The van der Waals surface area contributed by atoms with E-state index in [9.17, 15) is 18.0 Å². The summed E-state index contributed by atoms with van der Waals surface area (Å²) in [7, 11) is 0. The minimum atomic E-state index is -4.56. The zero-order chi connectivity index (χ0) is 21.9. The lowest BCUT2D eigenvalue weighted by atomic mass is 10.2. The fraction of sp³-hybridized carbons (Fsp3) is 0.0500. The van der Waals surface area contributed by atoms with Gasteiger partial charge < -0.3 is 10.1 Å². The number of hydrogen-bond donors (Lipinski definition) is 1. The smallest absolute Gasteiger partial charge is 0.417 e. The predicted molar refractivity (Wildman–Crippen MR) is 106 cm³/mol. The molecule has 1 N–H and O–H groups in total. The van der Waals surface area contributed by atoms with E-state index in [4.69, 9.17) is 34.5 Å². The highest BCUT2D eigenvalue weighted by molar-refractivity contribution is 6.34. The van der Waals surface area contributed by atoms with Crippen LogP contribution in [0.1, 0.15) is 15.9 Å². The molecule has 0 aliphatic heterocycles. The van der Waals surface area contributed by atoms with Crippen molar-refractivity contribution in [3.8, 4) is 11.6 Å². The first-order chi connectivity index (χ1) is 14.2. The van der Waals surface area contributed by atoms with Crippen molar-refractivity contribution in [2.24, 2.45) is 0 Å². The van der Waals surface area contributed by atoms with Crippen LogP contribution in [-0.4, -0.2) is 10.9 Å². The van der Waals surface area contributed by atoms with Gasteiger partial charge in [0.25, 0.3) is 5.91 Å². The molecule has 10 heteroatoms. The number of benzene rings is 2. The SMILES string of the molecule is [C-]#[N+]c1ccc(Cl)c(C(=O)Nc2ccc(Oc3ncc(C(F)(F)F)cc3Cl)cc2)c1. The second kappa shape index (κ2) is 8.61. The topological polar surface area (TPSA) is 55.6 Å². The number of nitrogens with one attached hydrogen (secondary N) is 1. The molecule has 1 amide bonds. The maximum Gasteiger partial charge on any atom is 0.417 e. The number of rotatable bonds is 4. The summed E-state index contributed by atoms with van der Waals surface area (Å²) in [5.74, 6) is -0.453. The Labute approximate surface area is 178 Å². The van der Waals surface area contributed by atoms with Crippen LogP contribution in [0.2, 0.25) is 10.0 Å². The number of halogens is 5. The molecule has 0 saturated heterocycles. The quantitative estimate of drug-likeness (QED) is 0.434. The van der Waals surface area contributed by atoms with Crippen LogP contribution < -0.4 is 10.1 Å². The number of anilines is 1. The molecule has 0 radical (unpaired) electrons. The van der Waals surface area contributed by atoms with Crippen LogP contribution in [0.25, 0.3) is 4.85 Å². The summed E-state index contributed by atoms with van der Waals surface area (Å²) in [6.45, 7) is 7.01. The zero-order valence-corrected chi connectivity index (χ0v) is 16.3.